The Morgan fingerprint density at radius 2 is 2.31 bits per heavy atom. The summed E-state index contributed by atoms with van der Waals surface area (Å²) in [6.45, 7) is 5.28. The van der Waals surface area contributed by atoms with Crippen molar-refractivity contribution in [3.8, 4) is 0 Å². The van der Waals surface area contributed by atoms with Crippen molar-refractivity contribution < 1.29 is 4.74 Å². The zero-order valence-corrected chi connectivity index (χ0v) is 7.81. The van der Waals surface area contributed by atoms with Gasteiger partial charge in [-0.2, -0.15) is 0 Å². The number of likely N-dealkylation sites (N-methyl/N-ethyl adjacent to an activating group) is 1. The Kier molecular flexibility index (Phi) is 3.71. The molecule has 2 fully saturated rings. The third-order valence-corrected chi connectivity index (χ3v) is 2.87. The highest BCUT2D eigenvalue weighted by molar-refractivity contribution is 4.91. The number of rotatable bonds is 0. The average molecular weight is 186 g/mol. The van der Waals surface area contributed by atoms with Gasteiger partial charge in [0.25, 0.3) is 0 Å². The maximum atomic E-state index is 5.87. The molecular weight excluding hydrogens is 164 g/mol. The van der Waals surface area contributed by atoms with Crippen LogP contribution < -0.4 is 5.32 Å². The van der Waals surface area contributed by atoms with E-state index in [0.29, 0.717) is 0 Å². The molecule has 1 atom stereocenters. The lowest BCUT2D eigenvalue weighted by atomic mass is 9.92. The van der Waals surface area contributed by atoms with Crippen LogP contribution in [0.15, 0.2) is 0 Å². The van der Waals surface area contributed by atoms with Crippen molar-refractivity contribution in [1.82, 2.24) is 10.2 Å². The fourth-order valence-electron chi connectivity index (χ4n) is 2.23. The van der Waals surface area contributed by atoms with Crippen LogP contribution in [0.25, 0.3) is 0 Å². The van der Waals surface area contributed by atoms with Gasteiger partial charge in [0, 0.05) is 19.6 Å². The Labute approximate surface area is 81.4 Å². The van der Waals surface area contributed by atoms with Gasteiger partial charge in [-0.3, -0.25) is 0 Å². The van der Waals surface area contributed by atoms with E-state index < -0.39 is 0 Å². The molecule has 1 spiro atoms. The van der Waals surface area contributed by atoms with E-state index in [4.69, 9.17) is 4.74 Å². The summed E-state index contributed by atoms with van der Waals surface area (Å²) in [6.07, 6.45) is 2.48. The van der Waals surface area contributed by atoms with E-state index in [0.717, 1.165) is 32.8 Å². The summed E-state index contributed by atoms with van der Waals surface area (Å²) in [4.78, 5) is 2.37. The molecule has 0 aromatic rings. The number of nitrogens with zero attached hydrogens (tertiary/aromatic N) is 1. The highest BCUT2D eigenvalue weighted by Gasteiger charge is 2.36. The molecule has 0 radical (unpaired) electrons. The van der Waals surface area contributed by atoms with Gasteiger partial charge in [0.05, 0.1) is 12.2 Å². The van der Waals surface area contributed by atoms with Crippen molar-refractivity contribution in [1.29, 1.82) is 0 Å². The lowest BCUT2D eigenvalue weighted by molar-refractivity contribution is -0.113. The van der Waals surface area contributed by atoms with Crippen LogP contribution in [0.3, 0.4) is 0 Å². The summed E-state index contributed by atoms with van der Waals surface area (Å²) in [5.74, 6) is 0. The van der Waals surface area contributed by atoms with E-state index in [1.807, 2.05) is 0 Å². The van der Waals surface area contributed by atoms with Crippen LogP contribution >= 0.6 is 0 Å². The normalized spacial score (nSPS) is 35.8. The maximum Gasteiger partial charge on any atom is 0.0933 e. The zero-order chi connectivity index (χ0) is 8.44. The molecule has 0 aromatic heterocycles. The molecule has 2 aliphatic heterocycles. The maximum absolute atomic E-state index is 5.87. The molecule has 0 saturated carbocycles. The van der Waals surface area contributed by atoms with E-state index in [1.165, 1.54) is 12.8 Å². The second-order valence-electron chi connectivity index (χ2n) is 4.05. The molecule has 2 heterocycles. The van der Waals surface area contributed by atoms with Gasteiger partial charge >= 0.3 is 0 Å². The summed E-state index contributed by atoms with van der Waals surface area (Å²) < 4.78 is 5.87. The Bertz CT molecular complexity index is 149. The highest BCUT2D eigenvalue weighted by Crippen LogP contribution is 2.24. The molecule has 2 aliphatic rings. The van der Waals surface area contributed by atoms with Crippen LogP contribution in [0.1, 0.15) is 20.3 Å². The van der Waals surface area contributed by atoms with Gasteiger partial charge < -0.3 is 15.0 Å². The first kappa shape index (κ1) is 11.0. The first-order valence-electron chi connectivity index (χ1n) is 4.84. The molecule has 3 heteroatoms. The van der Waals surface area contributed by atoms with Crippen molar-refractivity contribution in [3.63, 3.8) is 0 Å². The average Bonchev–Trinajstić information content (AvgIpc) is 2.05. The van der Waals surface area contributed by atoms with E-state index >= 15 is 0 Å². The van der Waals surface area contributed by atoms with Gasteiger partial charge in [0.1, 0.15) is 0 Å². The van der Waals surface area contributed by atoms with Crippen LogP contribution in [0.4, 0.5) is 0 Å². The first-order chi connectivity index (χ1) is 5.81. The van der Waals surface area contributed by atoms with Crippen LogP contribution in [0.2, 0.25) is 0 Å². The third kappa shape index (κ3) is 2.42. The van der Waals surface area contributed by atoms with Crippen molar-refractivity contribution >= 4 is 0 Å². The van der Waals surface area contributed by atoms with Crippen molar-refractivity contribution in [2.24, 2.45) is 0 Å². The van der Waals surface area contributed by atoms with Crippen LogP contribution in [-0.2, 0) is 4.74 Å². The van der Waals surface area contributed by atoms with Crippen LogP contribution in [0.5, 0.6) is 0 Å². The van der Waals surface area contributed by atoms with E-state index in [1.54, 1.807) is 0 Å². The minimum absolute atomic E-state index is 0. The first-order valence-corrected chi connectivity index (χ1v) is 4.84. The summed E-state index contributed by atoms with van der Waals surface area (Å²) >= 11 is 0. The molecule has 0 aliphatic carbocycles. The van der Waals surface area contributed by atoms with Gasteiger partial charge in [-0.25, -0.2) is 0 Å². The minimum atomic E-state index is 0. The predicted molar refractivity (Wildman–Crippen MR) is 55.0 cm³/mol. The van der Waals surface area contributed by atoms with Gasteiger partial charge in [-0.1, -0.05) is 7.43 Å². The fraction of sp³-hybridized carbons (Fsp3) is 1.00. The quantitative estimate of drug-likeness (QED) is 0.603. The molecule has 2 rings (SSSR count). The van der Waals surface area contributed by atoms with Gasteiger partial charge in [-0.05, 0) is 26.4 Å². The monoisotopic (exact) mass is 186 g/mol. The van der Waals surface area contributed by atoms with Crippen molar-refractivity contribution in [2.75, 3.05) is 39.8 Å². The Morgan fingerprint density at radius 1 is 1.46 bits per heavy atom. The highest BCUT2D eigenvalue weighted by atomic mass is 16.5. The fourth-order valence-corrected chi connectivity index (χ4v) is 2.23. The van der Waals surface area contributed by atoms with Crippen molar-refractivity contribution in [2.45, 2.75) is 25.9 Å². The Hall–Kier alpha value is -0.120. The zero-order valence-electron chi connectivity index (χ0n) is 7.81. The summed E-state index contributed by atoms with van der Waals surface area (Å²) in [6, 6.07) is 0. The number of hydrogen-bond donors (Lipinski definition) is 1. The Morgan fingerprint density at radius 3 is 2.92 bits per heavy atom. The molecular formula is C10H22N2O. The minimum Gasteiger partial charge on any atom is -0.371 e. The van der Waals surface area contributed by atoms with Crippen LogP contribution in [0, 0.1) is 0 Å². The lowest BCUT2D eigenvalue weighted by Gasteiger charge is -2.44. The standard InChI is InChI=1S/C9H18N2O.CH4/c1-11-5-6-12-9(8-11)3-2-4-10-7-9;/h10H,2-8H2,1H3;1H4. The predicted octanol–water partition coefficient (Wildman–Crippen LogP) is 0.707. The summed E-state index contributed by atoms with van der Waals surface area (Å²) in [5.41, 5.74) is 0.144. The SMILES string of the molecule is C.CN1CCOC2(CCCNC2)C1. The number of ether oxygens (including phenoxy) is 1. The second kappa shape index (κ2) is 4.40. The molecule has 2 saturated heterocycles. The molecule has 13 heavy (non-hydrogen) atoms. The molecule has 1 unspecified atom stereocenters. The number of morpholine rings is 1. The largest absolute Gasteiger partial charge is 0.371 e. The smallest absolute Gasteiger partial charge is 0.0933 e. The van der Waals surface area contributed by atoms with E-state index in [-0.39, 0.29) is 13.0 Å². The second-order valence-corrected chi connectivity index (χ2v) is 4.05. The van der Waals surface area contributed by atoms with Crippen molar-refractivity contribution in [3.05, 3.63) is 0 Å². The molecule has 78 valence electrons. The molecule has 1 N–H and O–H groups in total. The van der Waals surface area contributed by atoms with Gasteiger partial charge in [0.15, 0.2) is 0 Å². The van der Waals surface area contributed by atoms with Crippen LogP contribution in [-0.4, -0.2) is 50.3 Å². The molecule has 3 nitrogen and oxygen atoms in total. The van der Waals surface area contributed by atoms with E-state index in [9.17, 15) is 0 Å². The summed E-state index contributed by atoms with van der Waals surface area (Å²) in [7, 11) is 2.18. The number of hydrogen-bond acceptors (Lipinski definition) is 3. The Balaban J connectivity index is 0.000000845. The summed E-state index contributed by atoms with van der Waals surface area (Å²) in [5, 5.41) is 3.41. The topological polar surface area (TPSA) is 24.5 Å². The number of piperidine rings is 1. The van der Waals surface area contributed by atoms with E-state index in [2.05, 4.69) is 17.3 Å². The van der Waals surface area contributed by atoms with Gasteiger partial charge in [0.2, 0.25) is 0 Å². The lowest BCUT2D eigenvalue weighted by Crippen LogP contribution is -2.57. The molecule has 0 amide bonds. The molecule has 0 bridgehead atoms. The molecule has 0 aromatic carbocycles. The van der Waals surface area contributed by atoms with Gasteiger partial charge in [-0.15, -0.1) is 0 Å². The third-order valence-electron chi connectivity index (χ3n) is 2.87. The number of nitrogens with one attached hydrogen (secondary N) is 1.